The third-order valence-corrected chi connectivity index (χ3v) is 3.89. The Hall–Kier alpha value is -1.10. The lowest BCUT2D eigenvalue weighted by Gasteiger charge is -2.27. The number of aliphatic hydroxyl groups is 1. The maximum Gasteiger partial charge on any atom is 0.254 e. The van der Waals surface area contributed by atoms with Crippen molar-refractivity contribution in [3.63, 3.8) is 0 Å². The van der Waals surface area contributed by atoms with Crippen molar-refractivity contribution >= 4 is 17.5 Å². The highest BCUT2D eigenvalue weighted by Gasteiger charge is 2.35. The van der Waals surface area contributed by atoms with Crippen LogP contribution in [0, 0.1) is 6.92 Å². The van der Waals surface area contributed by atoms with Crippen LogP contribution in [0.4, 0.5) is 0 Å². The zero-order valence-electron chi connectivity index (χ0n) is 12.1. The molecule has 1 heterocycles. The Bertz CT molecular complexity index is 505. The summed E-state index contributed by atoms with van der Waals surface area (Å²) in [4.78, 5) is 16.5. The molecule has 1 fully saturated rings. The fraction of sp³-hybridized carbons (Fsp3) is 0.533. The molecule has 0 saturated carbocycles. The Morgan fingerprint density at radius 2 is 2.20 bits per heavy atom. The van der Waals surface area contributed by atoms with Gasteiger partial charge in [-0.05, 0) is 45.1 Å². The molecule has 1 aliphatic heterocycles. The number of amides is 1. The van der Waals surface area contributed by atoms with Crippen LogP contribution in [-0.4, -0.2) is 60.1 Å². The predicted molar refractivity (Wildman–Crippen MR) is 80.2 cm³/mol. The van der Waals surface area contributed by atoms with Crippen molar-refractivity contribution in [2.75, 3.05) is 27.2 Å². The number of aryl methyl sites for hydroxylation is 1. The normalized spacial score (nSPS) is 22.6. The molecule has 20 heavy (non-hydrogen) atoms. The summed E-state index contributed by atoms with van der Waals surface area (Å²) in [5.74, 6) is -0.0478. The number of benzene rings is 1. The molecule has 1 aliphatic rings. The van der Waals surface area contributed by atoms with Crippen LogP contribution in [-0.2, 0) is 0 Å². The fourth-order valence-corrected chi connectivity index (χ4v) is 2.89. The lowest BCUT2D eigenvalue weighted by molar-refractivity contribution is 0.0698. The van der Waals surface area contributed by atoms with Crippen LogP contribution in [0.1, 0.15) is 22.3 Å². The third-order valence-electron chi connectivity index (χ3n) is 3.66. The van der Waals surface area contributed by atoms with Gasteiger partial charge in [0.05, 0.1) is 6.10 Å². The summed E-state index contributed by atoms with van der Waals surface area (Å²) >= 11 is 5.99. The minimum absolute atomic E-state index is 0.0471. The van der Waals surface area contributed by atoms with Crippen molar-refractivity contribution in [1.82, 2.24) is 9.80 Å². The SMILES string of the molecule is Cc1ccc(Cl)cc1C(=O)N1CC(O)CC1CN(C)C. The number of aliphatic hydroxyl groups excluding tert-OH is 1. The smallest absolute Gasteiger partial charge is 0.254 e. The third kappa shape index (κ3) is 3.32. The topological polar surface area (TPSA) is 43.8 Å². The summed E-state index contributed by atoms with van der Waals surface area (Å²) in [5.41, 5.74) is 1.53. The van der Waals surface area contributed by atoms with Gasteiger partial charge in [0, 0.05) is 29.7 Å². The van der Waals surface area contributed by atoms with E-state index in [0.29, 0.717) is 23.6 Å². The Morgan fingerprint density at radius 3 is 2.85 bits per heavy atom. The molecule has 5 heteroatoms. The number of carbonyl (C=O) groups excluding carboxylic acids is 1. The van der Waals surface area contributed by atoms with E-state index >= 15 is 0 Å². The van der Waals surface area contributed by atoms with E-state index in [1.807, 2.05) is 32.0 Å². The number of nitrogens with zero attached hydrogens (tertiary/aromatic N) is 2. The number of likely N-dealkylation sites (tertiary alicyclic amines) is 1. The highest BCUT2D eigenvalue weighted by Crippen LogP contribution is 2.24. The Kier molecular flexibility index (Phi) is 4.68. The van der Waals surface area contributed by atoms with E-state index in [2.05, 4.69) is 0 Å². The second-order valence-corrected chi connectivity index (χ2v) is 6.16. The maximum absolute atomic E-state index is 12.7. The Morgan fingerprint density at radius 1 is 1.50 bits per heavy atom. The first-order valence-electron chi connectivity index (χ1n) is 6.78. The fourth-order valence-electron chi connectivity index (χ4n) is 2.71. The van der Waals surface area contributed by atoms with E-state index in [4.69, 9.17) is 11.6 Å². The monoisotopic (exact) mass is 296 g/mol. The first-order valence-corrected chi connectivity index (χ1v) is 7.16. The molecule has 0 bridgehead atoms. The van der Waals surface area contributed by atoms with E-state index in [9.17, 15) is 9.90 Å². The standard InChI is InChI=1S/C15H21ClN2O2/c1-10-4-5-11(16)6-14(10)15(20)18-9-13(19)7-12(18)8-17(2)3/h4-6,12-13,19H,7-9H2,1-3H3. The molecule has 1 aromatic rings. The number of hydrogen-bond donors (Lipinski definition) is 1. The highest BCUT2D eigenvalue weighted by atomic mass is 35.5. The van der Waals surface area contributed by atoms with Gasteiger partial charge in [-0.2, -0.15) is 0 Å². The molecule has 0 aliphatic carbocycles. The zero-order chi connectivity index (χ0) is 14.9. The Labute approximate surface area is 124 Å². The van der Waals surface area contributed by atoms with Gasteiger partial charge in [-0.1, -0.05) is 17.7 Å². The lowest BCUT2D eigenvalue weighted by atomic mass is 10.1. The predicted octanol–water partition coefficient (Wildman–Crippen LogP) is 1.79. The number of carbonyl (C=O) groups is 1. The van der Waals surface area contributed by atoms with Crippen LogP contribution in [0.5, 0.6) is 0 Å². The van der Waals surface area contributed by atoms with E-state index in [1.54, 1.807) is 17.0 Å². The van der Waals surface area contributed by atoms with Crippen molar-refractivity contribution in [3.05, 3.63) is 34.3 Å². The maximum atomic E-state index is 12.7. The molecule has 1 amide bonds. The number of β-amino-alcohol motifs (C(OH)–C–C–N with tert-alkyl or cyclic N) is 1. The molecule has 2 unspecified atom stereocenters. The van der Waals surface area contributed by atoms with Gasteiger partial charge in [0.25, 0.3) is 5.91 Å². The molecule has 4 nitrogen and oxygen atoms in total. The van der Waals surface area contributed by atoms with E-state index in [1.165, 1.54) is 0 Å². The van der Waals surface area contributed by atoms with Crippen molar-refractivity contribution in [2.24, 2.45) is 0 Å². The van der Waals surface area contributed by atoms with Crippen molar-refractivity contribution < 1.29 is 9.90 Å². The van der Waals surface area contributed by atoms with E-state index in [-0.39, 0.29) is 11.9 Å². The van der Waals surface area contributed by atoms with Gasteiger partial charge in [-0.3, -0.25) is 4.79 Å². The second-order valence-electron chi connectivity index (χ2n) is 5.72. The van der Waals surface area contributed by atoms with Crippen molar-refractivity contribution in [2.45, 2.75) is 25.5 Å². The van der Waals surface area contributed by atoms with Crippen molar-refractivity contribution in [3.8, 4) is 0 Å². The zero-order valence-corrected chi connectivity index (χ0v) is 12.9. The Balaban J connectivity index is 2.24. The quantitative estimate of drug-likeness (QED) is 0.925. The summed E-state index contributed by atoms with van der Waals surface area (Å²) in [6.07, 6.45) is 0.187. The number of halogens is 1. The molecular formula is C15H21ClN2O2. The molecule has 110 valence electrons. The minimum atomic E-state index is -0.441. The highest BCUT2D eigenvalue weighted by molar-refractivity contribution is 6.31. The van der Waals surface area contributed by atoms with Gasteiger partial charge in [0.1, 0.15) is 0 Å². The van der Waals surface area contributed by atoms with Gasteiger partial charge < -0.3 is 14.9 Å². The van der Waals surface area contributed by atoms with Crippen LogP contribution in [0.25, 0.3) is 0 Å². The summed E-state index contributed by atoms with van der Waals surface area (Å²) < 4.78 is 0. The minimum Gasteiger partial charge on any atom is -0.391 e. The molecule has 2 atom stereocenters. The molecular weight excluding hydrogens is 276 g/mol. The molecule has 2 rings (SSSR count). The van der Waals surface area contributed by atoms with Crippen LogP contribution in [0.15, 0.2) is 18.2 Å². The van der Waals surface area contributed by atoms with Crippen LogP contribution in [0.2, 0.25) is 5.02 Å². The number of likely N-dealkylation sites (N-methyl/N-ethyl adjacent to an activating group) is 1. The molecule has 1 saturated heterocycles. The average molecular weight is 297 g/mol. The summed E-state index contributed by atoms with van der Waals surface area (Å²) in [6.45, 7) is 3.04. The number of hydrogen-bond acceptors (Lipinski definition) is 3. The first kappa shape index (κ1) is 15.3. The second kappa shape index (κ2) is 6.12. The summed E-state index contributed by atoms with van der Waals surface area (Å²) in [6, 6.07) is 5.38. The van der Waals surface area contributed by atoms with Crippen molar-refractivity contribution in [1.29, 1.82) is 0 Å². The molecule has 0 radical (unpaired) electrons. The van der Waals surface area contributed by atoms with Gasteiger partial charge >= 0.3 is 0 Å². The average Bonchev–Trinajstić information content (AvgIpc) is 2.71. The van der Waals surface area contributed by atoms with Gasteiger partial charge in [-0.15, -0.1) is 0 Å². The lowest BCUT2D eigenvalue weighted by Crippen LogP contribution is -2.41. The van der Waals surface area contributed by atoms with Crippen LogP contribution < -0.4 is 0 Å². The van der Waals surface area contributed by atoms with Gasteiger partial charge in [-0.25, -0.2) is 0 Å². The molecule has 1 N–H and O–H groups in total. The molecule has 0 aromatic heterocycles. The van der Waals surface area contributed by atoms with Gasteiger partial charge in [0.2, 0.25) is 0 Å². The summed E-state index contributed by atoms with van der Waals surface area (Å²) in [5, 5.41) is 10.4. The van der Waals surface area contributed by atoms with E-state index < -0.39 is 6.10 Å². The first-order chi connectivity index (χ1) is 9.38. The molecule has 1 aromatic carbocycles. The van der Waals surface area contributed by atoms with Crippen LogP contribution in [0.3, 0.4) is 0 Å². The number of rotatable bonds is 3. The largest absolute Gasteiger partial charge is 0.391 e. The van der Waals surface area contributed by atoms with E-state index in [0.717, 1.165) is 12.1 Å². The van der Waals surface area contributed by atoms with Gasteiger partial charge in [0.15, 0.2) is 0 Å². The summed E-state index contributed by atoms with van der Waals surface area (Å²) in [7, 11) is 3.94. The van der Waals surface area contributed by atoms with Crippen LogP contribution >= 0.6 is 11.6 Å². The molecule has 0 spiro atoms.